The van der Waals surface area contributed by atoms with E-state index in [-0.39, 0.29) is 11.7 Å². The summed E-state index contributed by atoms with van der Waals surface area (Å²) in [5, 5.41) is 0. The van der Waals surface area contributed by atoms with Crippen LogP contribution in [0.5, 0.6) is 0 Å². The summed E-state index contributed by atoms with van der Waals surface area (Å²) < 4.78 is 28.5. The molecule has 0 spiro atoms. The maximum Gasteiger partial charge on any atom is 0.143 e. The monoisotopic (exact) mass is 234 g/mol. The molecule has 0 aromatic rings. The molecule has 90 valence electrons. The second-order valence-electron chi connectivity index (χ2n) is 5.43. The lowest BCUT2D eigenvalue weighted by molar-refractivity contribution is 0.338. The molecule has 0 aromatic carbocycles. The van der Waals surface area contributed by atoms with Crippen LogP contribution in [0, 0.1) is 5.92 Å². The second-order valence-corrected chi connectivity index (χ2v) is 5.43. The SMILES string of the molecule is CC1=CC(F)=C(C2=CC=C(C)[C@H]3CC23F)CC1. The first kappa shape index (κ1) is 10.9. The highest BCUT2D eigenvalue weighted by Crippen LogP contribution is 2.60. The van der Waals surface area contributed by atoms with Crippen molar-refractivity contribution in [2.45, 2.75) is 38.8 Å². The van der Waals surface area contributed by atoms with Gasteiger partial charge in [-0.15, -0.1) is 0 Å². The van der Waals surface area contributed by atoms with E-state index in [0.29, 0.717) is 24.0 Å². The fraction of sp³-hybridized carbons (Fsp3) is 0.467. The summed E-state index contributed by atoms with van der Waals surface area (Å²) in [6.07, 6.45) is 7.26. The molecule has 2 atom stereocenters. The molecular weight excluding hydrogens is 218 g/mol. The summed E-state index contributed by atoms with van der Waals surface area (Å²) in [5.41, 5.74) is 2.03. The highest BCUT2D eigenvalue weighted by Gasteiger charge is 2.60. The van der Waals surface area contributed by atoms with Gasteiger partial charge in [-0.25, -0.2) is 8.78 Å². The molecule has 0 bridgehead atoms. The molecule has 0 radical (unpaired) electrons. The molecule has 0 nitrogen and oxygen atoms in total. The average molecular weight is 234 g/mol. The minimum absolute atomic E-state index is 0.00481. The lowest BCUT2D eigenvalue weighted by atomic mass is 9.86. The molecule has 0 N–H and O–H groups in total. The molecule has 0 aliphatic heterocycles. The van der Waals surface area contributed by atoms with E-state index in [1.165, 1.54) is 0 Å². The average Bonchev–Trinajstić information content (AvgIpc) is 2.95. The van der Waals surface area contributed by atoms with Gasteiger partial charge in [0, 0.05) is 5.92 Å². The Morgan fingerprint density at radius 1 is 1.24 bits per heavy atom. The molecule has 0 saturated heterocycles. The Kier molecular flexibility index (Phi) is 2.19. The fourth-order valence-corrected chi connectivity index (χ4v) is 2.96. The number of hydrogen-bond donors (Lipinski definition) is 0. The van der Waals surface area contributed by atoms with Crippen molar-refractivity contribution < 1.29 is 8.78 Å². The van der Waals surface area contributed by atoms with Gasteiger partial charge < -0.3 is 0 Å². The van der Waals surface area contributed by atoms with Gasteiger partial charge in [-0.05, 0) is 50.3 Å². The molecule has 3 rings (SSSR count). The molecule has 1 fully saturated rings. The van der Waals surface area contributed by atoms with Crippen LogP contribution in [0.2, 0.25) is 0 Å². The van der Waals surface area contributed by atoms with Crippen molar-refractivity contribution in [3.05, 3.63) is 46.3 Å². The minimum Gasteiger partial charge on any atom is -0.238 e. The molecule has 1 saturated carbocycles. The van der Waals surface area contributed by atoms with Crippen molar-refractivity contribution in [1.29, 1.82) is 0 Å². The fourth-order valence-electron chi connectivity index (χ4n) is 2.96. The first-order valence-electron chi connectivity index (χ1n) is 6.16. The van der Waals surface area contributed by atoms with Crippen molar-refractivity contribution in [3.63, 3.8) is 0 Å². The van der Waals surface area contributed by atoms with Gasteiger partial charge in [0.15, 0.2) is 0 Å². The number of alkyl halides is 1. The van der Waals surface area contributed by atoms with E-state index in [1.807, 2.05) is 19.9 Å². The first-order valence-corrected chi connectivity index (χ1v) is 6.16. The Bertz CT molecular complexity index is 505. The smallest absolute Gasteiger partial charge is 0.143 e. The zero-order chi connectivity index (χ0) is 12.2. The predicted octanol–water partition coefficient (Wildman–Crippen LogP) is 4.56. The van der Waals surface area contributed by atoms with Crippen LogP contribution in [0.1, 0.15) is 33.1 Å². The highest BCUT2D eigenvalue weighted by atomic mass is 19.1. The molecule has 2 heteroatoms. The number of halogens is 2. The quantitative estimate of drug-likeness (QED) is 0.623. The largest absolute Gasteiger partial charge is 0.238 e. The van der Waals surface area contributed by atoms with Gasteiger partial charge in [-0.2, -0.15) is 0 Å². The third-order valence-corrected chi connectivity index (χ3v) is 4.16. The zero-order valence-electron chi connectivity index (χ0n) is 10.2. The van der Waals surface area contributed by atoms with Crippen LogP contribution >= 0.6 is 0 Å². The first-order chi connectivity index (χ1) is 8.02. The van der Waals surface area contributed by atoms with Crippen molar-refractivity contribution in [2.75, 3.05) is 0 Å². The lowest BCUT2D eigenvalue weighted by Gasteiger charge is -2.22. The zero-order valence-corrected chi connectivity index (χ0v) is 10.2. The van der Waals surface area contributed by atoms with Crippen LogP contribution < -0.4 is 0 Å². The summed E-state index contributed by atoms with van der Waals surface area (Å²) in [6, 6.07) is 0. The van der Waals surface area contributed by atoms with Gasteiger partial charge in [0.1, 0.15) is 11.5 Å². The van der Waals surface area contributed by atoms with Gasteiger partial charge in [-0.3, -0.25) is 0 Å². The molecular formula is C15H16F2. The summed E-state index contributed by atoms with van der Waals surface area (Å²) in [7, 11) is 0. The molecule has 3 aliphatic rings. The van der Waals surface area contributed by atoms with E-state index >= 15 is 0 Å². The molecule has 17 heavy (non-hydrogen) atoms. The Balaban J connectivity index is 2.04. The number of allylic oxidation sites excluding steroid dienone is 8. The Morgan fingerprint density at radius 3 is 2.71 bits per heavy atom. The van der Waals surface area contributed by atoms with Gasteiger partial charge in [0.05, 0.1) is 0 Å². The van der Waals surface area contributed by atoms with Gasteiger partial charge >= 0.3 is 0 Å². The normalized spacial score (nSPS) is 36.0. The van der Waals surface area contributed by atoms with Crippen molar-refractivity contribution in [1.82, 2.24) is 0 Å². The molecule has 1 unspecified atom stereocenters. The molecule has 0 aromatic heterocycles. The van der Waals surface area contributed by atoms with Gasteiger partial charge in [-0.1, -0.05) is 23.3 Å². The van der Waals surface area contributed by atoms with Crippen LogP contribution in [0.15, 0.2) is 46.3 Å². The van der Waals surface area contributed by atoms with Crippen LogP contribution in [0.25, 0.3) is 0 Å². The van der Waals surface area contributed by atoms with E-state index in [9.17, 15) is 8.78 Å². The molecule has 0 amide bonds. The van der Waals surface area contributed by atoms with E-state index in [4.69, 9.17) is 0 Å². The third-order valence-electron chi connectivity index (χ3n) is 4.16. The van der Waals surface area contributed by atoms with E-state index < -0.39 is 5.67 Å². The Labute approximate surface area is 100 Å². The van der Waals surface area contributed by atoms with Gasteiger partial charge in [0.25, 0.3) is 0 Å². The summed E-state index contributed by atoms with van der Waals surface area (Å²) in [6.45, 7) is 3.87. The number of rotatable bonds is 1. The third kappa shape index (κ3) is 1.54. The maximum atomic E-state index is 14.6. The summed E-state index contributed by atoms with van der Waals surface area (Å²) in [5.74, 6) is -0.245. The lowest BCUT2D eigenvalue weighted by Crippen LogP contribution is -2.16. The van der Waals surface area contributed by atoms with Crippen molar-refractivity contribution in [2.24, 2.45) is 5.92 Å². The standard InChI is InChI=1S/C15H16F2/c1-9-3-5-11(14(16)7-9)12-6-4-10(2)13-8-15(12,13)17/h4,6-7,13H,3,5,8H2,1-2H3/t13-,15?/m1/s1. The Morgan fingerprint density at radius 2 is 2.00 bits per heavy atom. The number of fused-ring (bicyclic) bond motifs is 1. The summed E-state index contributed by atoms with van der Waals surface area (Å²) in [4.78, 5) is 0. The highest BCUT2D eigenvalue weighted by molar-refractivity contribution is 5.55. The maximum absolute atomic E-state index is 14.6. The number of hydrogen-bond acceptors (Lipinski definition) is 0. The molecule has 0 heterocycles. The van der Waals surface area contributed by atoms with Crippen LogP contribution in [-0.4, -0.2) is 5.67 Å². The second kappa shape index (κ2) is 3.41. The Hall–Kier alpha value is -1.18. The van der Waals surface area contributed by atoms with Crippen LogP contribution in [0.4, 0.5) is 8.78 Å². The topological polar surface area (TPSA) is 0 Å². The summed E-state index contributed by atoms with van der Waals surface area (Å²) >= 11 is 0. The van der Waals surface area contributed by atoms with E-state index in [2.05, 4.69) is 0 Å². The van der Waals surface area contributed by atoms with E-state index in [0.717, 1.165) is 17.6 Å². The van der Waals surface area contributed by atoms with Crippen LogP contribution in [0.3, 0.4) is 0 Å². The molecule has 3 aliphatic carbocycles. The van der Waals surface area contributed by atoms with Gasteiger partial charge in [0.2, 0.25) is 0 Å². The van der Waals surface area contributed by atoms with Crippen LogP contribution in [-0.2, 0) is 0 Å². The van der Waals surface area contributed by atoms with E-state index in [1.54, 1.807) is 12.2 Å². The predicted molar refractivity (Wildman–Crippen MR) is 64.9 cm³/mol. The van der Waals surface area contributed by atoms with Crippen molar-refractivity contribution >= 4 is 0 Å². The van der Waals surface area contributed by atoms with Crippen molar-refractivity contribution in [3.8, 4) is 0 Å². The minimum atomic E-state index is -1.27.